The van der Waals surface area contributed by atoms with Gasteiger partial charge in [-0.25, -0.2) is 4.79 Å². The standard InChI is InChI=1S/C18H23NO2/c1-3-21-17(20)19-15-8-10-18(11-9-15)12-14-6-4-5-7-16(14)13(18)2/h4-7,15H,2-3,8-12H2,1H3,(H,19,20). The quantitative estimate of drug-likeness (QED) is 0.894. The second kappa shape index (κ2) is 5.55. The number of hydrogen-bond donors (Lipinski definition) is 1. The van der Waals surface area contributed by atoms with Crippen molar-refractivity contribution in [2.75, 3.05) is 6.61 Å². The maximum absolute atomic E-state index is 11.5. The van der Waals surface area contributed by atoms with E-state index in [9.17, 15) is 4.79 Å². The fraction of sp³-hybridized carbons (Fsp3) is 0.500. The molecule has 3 rings (SSSR count). The first kappa shape index (κ1) is 14.2. The van der Waals surface area contributed by atoms with Crippen LogP contribution < -0.4 is 5.32 Å². The summed E-state index contributed by atoms with van der Waals surface area (Å²) >= 11 is 0. The molecule has 0 atom stereocenters. The molecule has 1 aromatic rings. The summed E-state index contributed by atoms with van der Waals surface area (Å²) < 4.78 is 4.97. The Balaban J connectivity index is 1.64. The topological polar surface area (TPSA) is 38.3 Å². The van der Waals surface area contributed by atoms with Crippen LogP contribution in [0, 0.1) is 5.41 Å². The second-order valence-electron chi connectivity index (χ2n) is 6.23. The van der Waals surface area contributed by atoms with Crippen LogP contribution in [0.1, 0.15) is 43.7 Å². The Morgan fingerprint density at radius 3 is 2.76 bits per heavy atom. The van der Waals surface area contributed by atoms with Crippen LogP contribution in [0.15, 0.2) is 30.8 Å². The fourth-order valence-electron chi connectivity index (χ4n) is 3.86. The first-order valence-corrected chi connectivity index (χ1v) is 7.85. The number of hydrogen-bond acceptors (Lipinski definition) is 2. The molecule has 1 spiro atoms. The zero-order valence-corrected chi connectivity index (χ0v) is 12.7. The largest absolute Gasteiger partial charge is 0.450 e. The van der Waals surface area contributed by atoms with Gasteiger partial charge >= 0.3 is 6.09 Å². The summed E-state index contributed by atoms with van der Waals surface area (Å²) in [6.45, 7) is 6.63. The van der Waals surface area contributed by atoms with E-state index in [0.29, 0.717) is 6.61 Å². The number of ether oxygens (including phenoxy) is 1. The van der Waals surface area contributed by atoms with Gasteiger partial charge in [-0.2, -0.15) is 0 Å². The third-order valence-corrected chi connectivity index (χ3v) is 5.05. The highest BCUT2D eigenvalue weighted by molar-refractivity contribution is 5.76. The fourth-order valence-corrected chi connectivity index (χ4v) is 3.86. The molecule has 1 N–H and O–H groups in total. The second-order valence-corrected chi connectivity index (χ2v) is 6.23. The van der Waals surface area contributed by atoms with Crippen LogP contribution in [0.4, 0.5) is 4.79 Å². The van der Waals surface area contributed by atoms with Gasteiger partial charge in [0.05, 0.1) is 6.61 Å². The number of benzene rings is 1. The van der Waals surface area contributed by atoms with Gasteiger partial charge in [0.25, 0.3) is 0 Å². The number of amides is 1. The van der Waals surface area contributed by atoms with E-state index in [4.69, 9.17) is 4.74 Å². The van der Waals surface area contributed by atoms with E-state index >= 15 is 0 Å². The maximum atomic E-state index is 11.5. The van der Waals surface area contributed by atoms with E-state index in [0.717, 1.165) is 32.1 Å². The lowest BCUT2D eigenvalue weighted by molar-refractivity contribution is 0.140. The molecule has 0 bridgehead atoms. The number of fused-ring (bicyclic) bond motifs is 1. The number of alkyl carbamates (subject to hydrolysis) is 1. The molecular weight excluding hydrogens is 262 g/mol. The van der Waals surface area contributed by atoms with E-state index in [1.54, 1.807) is 0 Å². The van der Waals surface area contributed by atoms with Gasteiger partial charge in [-0.05, 0) is 61.1 Å². The zero-order chi connectivity index (χ0) is 14.9. The van der Waals surface area contributed by atoms with Crippen LogP contribution in [-0.4, -0.2) is 18.7 Å². The number of nitrogens with one attached hydrogen (secondary N) is 1. The normalized spacial score (nSPS) is 27.5. The summed E-state index contributed by atoms with van der Waals surface area (Å²) in [5, 5.41) is 2.97. The van der Waals surface area contributed by atoms with Crippen molar-refractivity contribution >= 4 is 11.7 Å². The highest BCUT2D eigenvalue weighted by Gasteiger charge is 2.43. The molecular formula is C18H23NO2. The molecule has 0 aromatic heterocycles. The Morgan fingerprint density at radius 1 is 1.38 bits per heavy atom. The first-order valence-electron chi connectivity index (χ1n) is 7.85. The van der Waals surface area contributed by atoms with Crippen molar-refractivity contribution in [3.63, 3.8) is 0 Å². The summed E-state index contributed by atoms with van der Waals surface area (Å²) in [6, 6.07) is 8.86. The maximum Gasteiger partial charge on any atom is 0.407 e. The lowest BCUT2D eigenvalue weighted by Crippen LogP contribution is -2.40. The minimum Gasteiger partial charge on any atom is -0.450 e. The van der Waals surface area contributed by atoms with E-state index < -0.39 is 0 Å². The molecule has 3 heteroatoms. The summed E-state index contributed by atoms with van der Waals surface area (Å²) in [6.07, 6.45) is 5.02. The van der Waals surface area contributed by atoms with Gasteiger partial charge in [0.1, 0.15) is 0 Å². The van der Waals surface area contributed by atoms with Crippen molar-refractivity contribution < 1.29 is 9.53 Å². The van der Waals surface area contributed by atoms with Gasteiger partial charge in [-0.15, -0.1) is 0 Å². The van der Waals surface area contributed by atoms with E-state index in [1.165, 1.54) is 16.7 Å². The lowest BCUT2D eigenvalue weighted by Gasteiger charge is -2.38. The van der Waals surface area contributed by atoms with Gasteiger partial charge in [-0.3, -0.25) is 0 Å². The molecule has 0 radical (unpaired) electrons. The molecule has 0 saturated heterocycles. The van der Waals surface area contributed by atoms with Crippen molar-refractivity contribution in [2.45, 2.75) is 45.1 Å². The average molecular weight is 285 g/mol. The summed E-state index contributed by atoms with van der Waals surface area (Å²) in [7, 11) is 0. The Hall–Kier alpha value is -1.77. The Bertz CT molecular complexity index is 556. The van der Waals surface area contributed by atoms with Crippen molar-refractivity contribution in [1.29, 1.82) is 0 Å². The van der Waals surface area contributed by atoms with Crippen LogP contribution in [0.2, 0.25) is 0 Å². The van der Waals surface area contributed by atoms with Gasteiger partial charge in [0.2, 0.25) is 0 Å². The Morgan fingerprint density at radius 2 is 2.10 bits per heavy atom. The van der Waals surface area contributed by atoms with Gasteiger partial charge in [0, 0.05) is 6.04 Å². The number of rotatable bonds is 2. The Labute approximate surface area is 126 Å². The molecule has 1 saturated carbocycles. The van der Waals surface area contributed by atoms with Crippen molar-refractivity contribution in [3.8, 4) is 0 Å². The minimum atomic E-state index is -0.285. The highest BCUT2D eigenvalue weighted by atomic mass is 16.5. The lowest BCUT2D eigenvalue weighted by atomic mass is 9.68. The van der Waals surface area contributed by atoms with Crippen molar-refractivity contribution in [1.82, 2.24) is 5.32 Å². The Kier molecular flexibility index (Phi) is 3.75. The minimum absolute atomic E-state index is 0.219. The third-order valence-electron chi connectivity index (χ3n) is 5.05. The molecule has 0 unspecified atom stereocenters. The molecule has 3 nitrogen and oxygen atoms in total. The van der Waals surface area contributed by atoms with Crippen LogP contribution in [0.3, 0.4) is 0 Å². The first-order chi connectivity index (χ1) is 10.1. The monoisotopic (exact) mass is 285 g/mol. The van der Waals surface area contributed by atoms with Crippen LogP contribution in [0.5, 0.6) is 0 Å². The molecule has 1 aromatic carbocycles. The van der Waals surface area contributed by atoms with Crippen LogP contribution in [-0.2, 0) is 11.2 Å². The van der Waals surface area contributed by atoms with Crippen LogP contribution in [0.25, 0.3) is 5.57 Å². The number of carbonyl (C=O) groups is 1. The predicted octanol–water partition coefficient (Wildman–Crippen LogP) is 3.93. The SMILES string of the molecule is C=C1c2ccccc2CC12CCC(NC(=O)OCC)CC2. The van der Waals surface area contributed by atoms with Crippen LogP contribution >= 0.6 is 0 Å². The van der Waals surface area contributed by atoms with Crippen molar-refractivity contribution in [3.05, 3.63) is 42.0 Å². The summed E-state index contributed by atoms with van der Waals surface area (Å²) in [5.41, 5.74) is 4.29. The van der Waals surface area contributed by atoms with Gasteiger partial charge < -0.3 is 10.1 Å². The third kappa shape index (κ3) is 2.57. The molecule has 0 heterocycles. The van der Waals surface area contributed by atoms with E-state index in [2.05, 4.69) is 36.2 Å². The summed E-state index contributed by atoms with van der Waals surface area (Å²) in [5.74, 6) is 0. The number of allylic oxidation sites excluding steroid dienone is 1. The molecule has 2 aliphatic carbocycles. The zero-order valence-electron chi connectivity index (χ0n) is 12.7. The van der Waals surface area contributed by atoms with E-state index in [1.807, 2.05) is 6.92 Å². The summed E-state index contributed by atoms with van der Waals surface area (Å²) in [4.78, 5) is 11.5. The highest BCUT2D eigenvalue weighted by Crippen LogP contribution is 2.53. The average Bonchev–Trinajstić information content (AvgIpc) is 2.75. The molecule has 1 amide bonds. The molecule has 1 fully saturated rings. The predicted molar refractivity (Wildman–Crippen MR) is 84.0 cm³/mol. The van der Waals surface area contributed by atoms with E-state index in [-0.39, 0.29) is 17.6 Å². The molecule has 112 valence electrons. The smallest absolute Gasteiger partial charge is 0.407 e. The number of carbonyl (C=O) groups excluding carboxylic acids is 1. The molecule has 2 aliphatic rings. The van der Waals surface area contributed by atoms with Crippen molar-refractivity contribution in [2.24, 2.45) is 5.41 Å². The molecule has 21 heavy (non-hydrogen) atoms. The molecule has 0 aliphatic heterocycles. The van der Waals surface area contributed by atoms with Gasteiger partial charge in [-0.1, -0.05) is 30.8 Å². The van der Waals surface area contributed by atoms with Gasteiger partial charge in [0.15, 0.2) is 0 Å².